The molecular weight excluding hydrogens is 449 g/mol. The maximum atomic E-state index is 12.6. The number of nitrogens with two attached hydrogens (primary N) is 2. The lowest BCUT2D eigenvalue weighted by molar-refractivity contribution is 0.0799. The molecule has 0 aliphatic rings. The fraction of sp³-hybridized carbons (Fsp3) is 0.273. The third kappa shape index (κ3) is 6.21. The Morgan fingerprint density at radius 1 is 1.03 bits per heavy atom. The minimum absolute atomic E-state index is 0. The SMILES string of the molecule is CN(CCC(=N)N)C(=O)c1ccc2c(c1)nc(CCc1ccc(C(=N)N)cc1)n2C.Cl.Cl. The number of halogens is 2. The van der Waals surface area contributed by atoms with Crippen LogP contribution >= 0.6 is 24.8 Å². The molecule has 0 atom stereocenters. The molecule has 0 spiro atoms. The van der Waals surface area contributed by atoms with Gasteiger partial charge in [-0.2, -0.15) is 0 Å². The Kier molecular flexibility index (Phi) is 9.68. The quantitative estimate of drug-likeness (QED) is 0.292. The average molecular weight is 478 g/mol. The maximum Gasteiger partial charge on any atom is 0.253 e. The summed E-state index contributed by atoms with van der Waals surface area (Å²) in [4.78, 5) is 18.9. The highest BCUT2D eigenvalue weighted by Crippen LogP contribution is 2.19. The first-order valence-corrected chi connectivity index (χ1v) is 9.73. The molecule has 0 aliphatic heterocycles. The third-order valence-corrected chi connectivity index (χ3v) is 5.19. The molecule has 1 aromatic heterocycles. The van der Waals surface area contributed by atoms with Gasteiger partial charge in [-0.3, -0.25) is 15.6 Å². The summed E-state index contributed by atoms with van der Waals surface area (Å²) in [5.41, 5.74) is 15.1. The van der Waals surface area contributed by atoms with E-state index in [4.69, 9.17) is 27.3 Å². The molecule has 1 amide bonds. The molecule has 0 saturated carbocycles. The summed E-state index contributed by atoms with van der Waals surface area (Å²) in [6.45, 7) is 0.405. The van der Waals surface area contributed by atoms with E-state index in [0.29, 0.717) is 24.1 Å². The zero-order valence-electron chi connectivity index (χ0n) is 18.1. The lowest BCUT2D eigenvalue weighted by atomic mass is 10.1. The van der Waals surface area contributed by atoms with Gasteiger partial charge in [0.15, 0.2) is 0 Å². The Balaban J connectivity index is 0.00000256. The predicted molar refractivity (Wildman–Crippen MR) is 134 cm³/mol. The number of amidine groups is 2. The number of hydrogen-bond donors (Lipinski definition) is 4. The van der Waals surface area contributed by atoms with Crippen molar-refractivity contribution in [2.24, 2.45) is 18.5 Å². The van der Waals surface area contributed by atoms with Crippen molar-refractivity contribution >= 4 is 53.4 Å². The first kappa shape index (κ1) is 26.9. The number of hydrogen-bond acceptors (Lipinski definition) is 4. The molecule has 8 nitrogen and oxygen atoms in total. The van der Waals surface area contributed by atoms with Gasteiger partial charge in [0, 0.05) is 44.6 Å². The Labute approximate surface area is 199 Å². The summed E-state index contributed by atoms with van der Waals surface area (Å²) in [7, 11) is 3.68. The van der Waals surface area contributed by atoms with E-state index in [-0.39, 0.29) is 42.4 Å². The number of nitrogens with zero attached hydrogens (tertiary/aromatic N) is 3. The minimum atomic E-state index is -0.115. The van der Waals surface area contributed by atoms with Gasteiger partial charge in [-0.25, -0.2) is 4.98 Å². The molecule has 1 heterocycles. The van der Waals surface area contributed by atoms with Gasteiger partial charge in [0.1, 0.15) is 11.7 Å². The Morgan fingerprint density at radius 2 is 1.66 bits per heavy atom. The smallest absolute Gasteiger partial charge is 0.253 e. The second kappa shape index (κ2) is 11.5. The number of nitrogen functional groups attached to an aromatic ring is 1. The van der Waals surface area contributed by atoms with Crippen molar-refractivity contribution in [3.8, 4) is 0 Å². The van der Waals surface area contributed by atoms with Crippen molar-refractivity contribution in [2.75, 3.05) is 13.6 Å². The van der Waals surface area contributed by atoms with Crippen LogP contribution in [0.25, 0.3) is 11.0 Å². The second-order valence-electron chi connectivity index (χ2n) is 7.40. The van der Waals surface area contributed by atoms with Crippen LogP contribution in [-0.2, 0) is 19.9 Å². The van der Waals surface area contributed by atoms with Gasteiger partial charge in [-0.15, -0.1) is 24.8 Å². The first-order chi connectivity index (χ1) is 14.3. The molecule has 0 aliphatic carbocycles. The number of benzene rings is 2. The third-order valence-electron chi connectivity index (χ3n) is 5.19. The van der Waals surface area contributed by atoms with Gasteiger partial charge < -0.3 is 20.9 Å². The van der Waals surface area contributed by atoms with Crippen LogP contribution in [0.3, 0.4) is 0 Å². The molecule has 0 radical (unpaired) electrons. The normalized spacial score (nSPS) is 10.2. The van der Waals surface area contributed by atoms with E-state index in [1.165, 1.54) is 0 Å². The van der Waals surface area contributed by atoms with Gasteiger partial charge in [0.25, 0.3) is 5.91 Å². The number of carbonyl (C=O) groups is 1. The van der Waals surface area contributed by atoms with E-state index in [1.807, 2.05) is 48.0 Å². The lowest BCUT2D eigenvalue weighted by Crippen LogP contribution is -2.30. The lowest BCUT2D eigenvalue weighted by Gasteiger charge is -2.16. The van der Waals surface area contributed by atoms with Crippen LogP contribution in [0.4, 0.5) is 0 Å². The van der Waals surface area contributed by atoms with Gasteiger partial charge in [-0.05, 0) is 30.2 Å². The summed E-state index contributed by atoms with van der Waals surface area (Å²) in [6.07, 6.45) is 1.92. The summed E-state index contributed by atoms with van der Waals surface area (Å²) >= 11 is 0. The number of nitrogens with one attached hydrogen (secondary N) is 2. The molecule has 0 saturated heterocycles. The van der Waals surface area contributed by atoms with Crippen molar-refractivity contribution in [3.63, 3.8) is 0 Å². The van der Waals surface area contributed by atoms with Crippen molar-refractivity contribution < 1.29 is 4.79 Å². The standard InChI is InChI=1S/C22H27N7O.2ClH/c1-28(12-11-19(23)24)22(30)16-8-9-18-17(13-16)27-20(29(18)2)10-5-14-3-6-15(7-4-14)21(25)26;;/h3-4,6-9,13H,5,10-12H2,1-2H3,(H3,23,24)(H3,25,26);2*1H. The number of aryl methyl sites for hydroxylation is 3. The van der Waals surface area contributed by atoms with Crippen molar-refractivity contribution in [3.05, 3.63) is 65.0 Å². The Hall–Kier alpha value is -3.10. The molecule has 0 bridgehead atoms. The highest BCUT2D eigenvalue weighted by molar-refractivity contribution is 5.97. The average Bonchev–Trinajstić information content (AvgIpc) is 3.05. The Bertz CT molecular complexity index is 1110. The molecule has 6 N–H and O–H groups in total. The van der Waals surface area contributed by atoms with Gasteiger partial charge in [-0.1, -0.05) is 24.3 Å². The zero-order chi connectivity index (χ0) is 21.8. The molecular formula is C22H29Cl2N7O. The molecule has 172 valence electrons. The van der Waals surface area contributed by atoms with E-state index < -0.39 is 0 Å². The van der Waals surface area contributed by atoms with Crippen LogP contribution in [0, 0.1) is 10.8 Å². The number of aromatic nitrogens is 2. The first-order valence-electron chi connectivity index (χ1n) is 9.73. The van der Waals surface area contributed by atoms with Gasteiger partial charge >= 0.3 is 0 Å². The van der Waals surface area contributed by atoms with Crippen molar-refractivity contribution in [1.82, 2.24) is 14.5 Å². The van der Waals surface area contributed by atoms with Crippen molar-refractivity contribution in [2.45, 2.75) is 19.3 Å². The fourth-order valence-corrected chi connectivity index (χ4v) is 3.32. The van der Waals surface area contributed by atoms with Crippen LogP contribution in [0.1, 0.15) is 33.7 Å². The maximum absolute atomic E-state index is 12.6. The largest absolute Gasteiger partial charge is 0.388 e. The summed E-state index contributed by atoms with van der Waals surface area (Å²) in [5.74, 6) is 0.954. The molecule has 10 heteroatoms. The van der Waals surface area contributed by atoms with E-state index in [0.717, 1.165) is 35.3 Å². The summed E-state index contributed by atoms with van der Waals surface area (Å²) < 4.78 is 2.05. The number of carbonyl (C=O) groups excluding carboxylic acids is 1. The predicted octanol–water partition coefficient (Wildman–Crippen LogP) is 2.88. The summed E-state index contributed by atoms with van der Waals surface area (Å²) in [6, 6.07) is 13.2. The Morgan fingerprint density at radius 3 is 2.25 bits per heavy atom. The van der Waals surface area contributed by atoms with E-state index in [9.17, 15) is 4.79 Å². The molecule has 3 aromatic rings. The van der Waals surface area contributed by atoms with E-state index >= 15 is 0 Å². The van der Waals surface area contributed by atoms with Crippen LogP contribution in [-0.4, -0.2) is 45.6 Å². The van der Waals surface area contributed by atoms with E-state index in [2.05, 4.69) is 0 Å². The summed E-state index contributed by atoms with van der Waals surface area (Å²) in [5, 5.41) is 14.8. The zero-order valence-corrected chi connectivity index (χ0v) is 19.7. The van der Waals surface area contributed by atoms with Crippen LogP contribution < -0.4 is 11.5 Å². The second-order valence-corrected chi connectivity index (χ2v) is 7.40. The number of fused-ring (bicyclic) bond motifs is 1. The number of imidazole rings is 1. The minimum Gasteiger partial charge on any atom is -0.388 e. The number of amides is 1. The van der Waals surface area contributed by atoms with E-state index in [1.54, 1.807) is 18.0 Å². The monoisotopic (exact) mass is 477 g/mol. The van der Waals surface area contributed by atoms with Crippen LogP contribution in [0.2, 0.25) is 0 Å². The molecule has 32 heavy (non-hydrogen) atoms. The molecule has 2 aromatic carbocycles. The van der Waals surface area contributed by atoms with Crippen LogP contribution in [0.15, 0.2) is 42.5 Å². The molecule has 3 rings (SSSR count). The van der Waals surface area contributed by atoms with Crippen LogP contribution in [0.5, 0.6) is 0 Å². The molecule has 0 fully saturated rings. The molecule has 0 unspecified atom stereocenters. The number of rotatable bonds is 8. The topological polar surface area (TPSA) is 138 Å². The highest BCUT2D eigenvalue weighted by atomic mass is 35.5. The van der Waals surface area contributed by atoms with Gasteiger partial charge in [0.2, 0.25) is 0 Å². The highest BCUT2D eigenvalue weighted by Gasteiger charge is 2.15. The fourth-order valence-electron chi connectivity index (χ4n) is 3.32. The van der Waals surface area contributed by atoms with Gasteiger partial charge in [0.05, 0.1) is 16.9 Å². The van der Waals surface area contributed by atoms with Crippen molar-refractivity contribution in [1.29, 1.82) is 10.8 Å².